The molecule has 2 nitrogen and oxygen atoms in total. The molecule has 0 spiro atoms. The molecule has 1 rings (SSSR count). The Morgan fingerprint density at radius 1 is 1.78 bits per heavy atom. The molecule has 48 valence electrons. The Kier molecular flexibility index (Phi) is 2.09. The van der Waals surface area contributed by atoms with Gasteiger partial charge in [0.25, 0.3) is 0 Å². The topological polar surface area (TPSA) is 37.3 Å². The van der Waals surface area contributed by atoms with Gasteiger partial charge < -0.3 is 0 Å². The molecule has 0 saturated heterocycles. The Labute approximate surface area is 58.9 Å². The third kappa shape index (κ3) is 2.04. The van der Waals surface area contributed by atoms with Gasteiger partial charge >= 0.3 is 58.3 Å². The van der Waals surface area contributed by atoms with Crippen molar-refractivity contribution < 1.29 is 9.90 Å². The average Bonchev–Trinajstić information content (AvgIpc) is 2.15. The van der Waals surface area contributed by atoms with Crippen LogP contribution >= 0.6 is 0 Å². The second-order valence-electron chi connectivity index (χ2n) is 1.65. The molecule has 0 radical (unpaired) electrons. The number of hydrogen-bond acceptors (Lipinski definition) is 1. The second kappa shape index (κ2) is 2.85. The van der Waals surface area contributed by atoms with E-state index in [1.54, 1.807) is 0 Å². The fourth-order valence-corrected chi connectivity index (χ4v) is 2.02. The zero-order valence-electron chi connectivity index (χ0n) is 4.70. The normalized spacial score (nSPS) is 9.33. The second-order valence-corrected chi connectivity index (χ2v) is 3.82. The van der Waals surface area contributed by atoms with Crippen molar-refractivity contribution >= 4 is 20.5 Å². The van der Waals surface area contributed by atoms with Crippen LogP contribution in [0.15, 0.2) is 17.1 Å². The van der Waals surface area contributed by atoms with Crippen molar-refractivity contribution in [1.82, 2.24) is 0 Å². The van der Waals surface area contributed by atoms with E-state index < -0.39 is 5.97 Å². The summed E-state index contributed by atoms with van der Waals surface area (Å²) in [7, 11) is 0. The molecule has 1 aromatic heterocycles. The maximum atomic E-state index is 10.1. The Bertz CT molecular complexity index is 191. The molecule has 1 aromatic rings. The van der Waals surface area contributed by atoms with Gasteiger partial charge in [0.1, 0.15) is 0 Å². The van der Waals surface area contributed by atoms with Gasteiger partial charge in [-0.3, -0.25) is 0 Å². The van der Waals surface area contributed by atoms with Crippen molar-refractivity contribution in [1.29, 1.82) is 0 Å². The maximum absolute atomic E-state index is 10.1. The van der Waals surface area contributed by atoms with Crippen LogP contribution in [-0.4, -0.2) is 25.6 Å². The fourth-order valence-electron chi connectivity index (χ4n) is 0.562. The summed E-state index contributed by atoms with van der Waals surface area (Å²) >= 11 is 0.318. The van der Waals surface area contributed by atoms with Crippen molar-refractivity contribution in [2.45, 2.75) is 6.42 Å². The Morgan fingerprint density at radius 3 is 3.00 bits per heavy atom. The standard InChI is InChI=1S/C6H6O2Se/c7-6(8)4-5-2-1-3-9-5/h1-3H,4H2,(H,7,8). The average molecular weight is 189 g/mol. The van der Waals surface area contributed by atoms with Gasteiger partial charge in [0.15, 0.2) is 0 Å². The van der Waals surface area contributed by atoms with Crippen molar-refractivity contribution in [2.24, 2.45) is 0 Å². The summed E-state index contributed by atoms with van der Waals surface area (Å²) in [5.41, 5.74) is 0. The molecule has 9 heavy (non-hydrogen) atoms. The van der Waals surface area contributed by atoms with Crippen LogP contribution in [-0.2, 0) is 11.2 Å². The van der Waals surface area contributed by atoms with Crippen LogP contribution in [0.5, 0.6) is 0 Å². The minimum atomic E-state index is -0.730. The van der Waals surface area contributed by atoms with Gasteiger partial charge in [-0.25, -0.2) is 0 Å². The van der Waals surface area contributed by atoms with Gasteiger partial charge in [0, 0.05) is 0 Å². The summed E-state index contributed by atoms with van der Waals surface area (Å²) in [6.45, 7) is 0. The first kappa shape index (κ1) is 6.59. The molecule has 0 fully saturated rings. The molecule has 1 heterocycles. The van der Waals surface area contributed by atoms with E-state index in [4.69, 9.17) is 5.11 Å². The molecular weight excluding hydrogens is 183 g/mol. The molecular formula is C6H6O2Se. The molecule has 0 unspecified atom stereocenters. The monoisotopic (exact) mass is 190 g/mol. The van der Waals surface area contributed by atoms with E-state index in [0.717, 1.165) is 4.44 Å². The van der Waals surface area contributed by atoms with Gasteiger partial charge in [-0.2, -0.15) is 0 Å². The summed E-state index contributed by atoms with van der Waals surface area (Å²) in [5, 5.41) is 8.32. The van der Waals surface area contributed by atoms with E-state index in [1.807, 2.05) is 17.1 Å². The summed E-state index contributed by atoms with van der Waals surface area (Å²) in [6.07, 6.45) is 0.215. The molecule has 0 saturated carbocycles. The van der Waals surface area contributed by atoms with E-state index in [-0.39, 0.29) is 6.42 Å². The van der Waals surface area contributed by atoms with Crippen LogP contribution in [0.3, 0.4) is 0 Å². The minimum absolute atomic E-state index is 0.215. The molecule has 3 heteroatoms. The van der Waals surface area contributed by atoms with Crippen LogP contribution in [0.25, 0.3) is 0 Å². The zero-order valence-corrected chi connectivity index (χ0v) is 6.42. The van der Waals surface area contributed by atoms with Gasteiger partial charge in [0.2, 0.25) is 0 Å². The predicted octanol–water partition coefficient (Wildman–Crippen LogP) is 0.371. The van der Waals surface area contributed by atoms with E-state index >= 15 is 0 Å². The van der Waals surface area contributed by atoms with E-state index in [1.165, 1.54) is 0 Å². The van der Waals surface area contributed by atoms with Crippen LogP contribution in [0, 0.1) is 0 Å². The first-order valence-electron chi connectivity index (χ1n) is 2.53. The molecule has 0 atom stereocenters. The summed E-state index contributed by atoms with van der Waals surface area (Å²) < 4.78 is 1.05. The van der Waals surface area contributed by atoms with Crippen molar-refractivity contribution in [3.8, 4) is 0 Å². The van der Waals surface area contributed by atoms with Gasteiger partial charge in [0.05, 0.1) is 0 Å². The Morgan fingerprint density at radius 2 is 2.56 bits per heavy atom. The van der Waals surface area contributed by atoms with Crippen LogP contribution in [0.2, 0.25) is 0 Å². The SMILES string of the molecule is O=C(O)Cc1ccc[se]1. The van der Waals surface area contributed by atoms with E-state index in [9.17, 15) is 4.79 Å². The third-order valence-electron chi connectivity index (χ3n) is 0.906. The first-order valence-corrected chi connectivity index (χ1v) is 4.38. The quantitative estimate of drug-likeness (QED) is 0.682. The molecule has 0 aliphatic rings. The molecule has 0 amide bonds. The van der Waals surface area contributed by atoms with E-state index in [0.29, 0.717) is 14.5 Å². The number of rotatable bonds is 2. The third-order valence-corrected chi connectivity index (χ3v) is 2.74. The van der Waals surface area contributed by atoms with Crippen molar-refractivity contribution in [3.05, 3.63) is 21.5 Å². The Balaban J connectivity index is 2.58. The molecule has 0 aliphatic heterocycles. The zero-order chi connectivity index (χ0) is 6.69. The van der Waals surface area contributed by atoms with Crippen LogP contribution in [0.4, 0.5) is 0 Å². The van der Waals surface area contributed by atoms with Gasteiger partial charge in [-0.05, 0) is 0 Å². The molecule has 0 aromatic carbocycles. The number of carboxylic acids is 1. The molecule has 0 bridgehead atoms. The summed E-state index contributed by atoms with van der Waals surface area (Å²) in [5.74, 6) is -0.730. The summed E-state index contributed by atoms with van der Waals surface area (Å²) in [6, 6.07) is 3.80. The first-order chi connectivity index (χ1) is 4.29. The van der Waals surface area contributed by atoms with Gasteiger partial charge in [-0.15, -0.1) is 0 Å². The number of carbonyl (C=O) groups is 1. The van der Waals surface area contributed by atoms with E-state index in [2.05, 4.69) is 0 Å². The summed E-state index contributed by atoms with van der Waals surface area (Å²) in [4.78, 5) is 12.1. The number of hydrogen-bond donors (Lipinski definition) is 1. The van der Waals surface area contributed by atoms with Crippen molar-refractivity contribution in [2.75, 3.05) is 0 Å². The molecule has 1 N–H and O–H groups in total. The van der Waals surface area contributed by atoms with Crippen LogP contribution in [0.1, 0.15) is 4.44 Å². The molecule has 0 aliphatic carbocycles. The van der Waals surface area contributed by atoms with Crippen LogP contribution < -0.4 is 0 Å². The number of carboxylic acid groups (broad SMARTS) is 1. The number of aliphatic carboxylic acids is 1. The fraction of sp³-hybridized carbons (Fsp3) is 0.167. The predicted molar refractivity (Wildman–Crippen MR) is 34.7 cm³/mol. The Hall–Kier alpha value is -0.531. The van der Waals surface area contributed by atoms with Gasteiger partial charge in [-0.1, -0.05) is 0 Å². The van der Waals surface area contributed by atoms with Crippen molar-refractivity contribution in [3.63, 3.8) is 0 Å².